The lowest BCUT2D eigenvalue weighted by Gasteiger charge is -2.30. The summed E-state index contributed by atoms with van der Waals surface area (Å²) in [5, 5.41) is 3.18. The number of hydrogen-bond acceptors (Lipinski definition) is 4. The molecular formula is C25H30N2O4. The van der Waals surface area contributed by atoms with E-state index in [0.29, 0.717) is 23.6 Å². The van der Waals surface area contributed by atoms with Crippen molar-refractivity contribution in [1.29, 1.82) is 0 Å². The summed E-state index contributed by atoms with van der Waals surface area (Å²) in [5.41, 5.74) is 1.90. The van der Waals surface area contributed by atoms with Crippen LogP contribution < -0.4 is 14.8 Å². The largest absolute Gasteiger partial charge is 0.493 e. The van der Waals surface area contributed by atoms with Crippen molar-refractivity contribution < 1.29 is 19.1 Å². The van der Waals surface area contributed by atoms with Crippen LogP contribution >= 0.6 is 0 Å². The highest BCUT2D eigenvalue weighted by molar-refractivity contribution is 5.91. The molecule has 0 saturated heterocycles. The molecule has 0 spiro atoms. The smallest absolute Gasteiger partial charge is 0.261 e. The number of ether oxygens (including phenoxy) is 2. The number of nitrogens with one attached hydrogen (secondary N) is 1. The maximum absolute atomic E-state index is 13.5. The Morgan fingerprint density at radius 3 is 2.65 bits per heavy atom. The molecule has 31 heavy (non-hydrogen) atoms. The molecule has 2 aliphatic rings. The third-order valence-electron chi connectivity index (χ3n) is 6.15. The molecule has 2 amide bonds. The first-order valence-electron chi connectivity index (χ1n) is 11.1. The van der Waals surface area contributed by atoms with Crippen LogP contribution in [0.2, 0.25) is 0 Å². The lowest BCUT2D eigenvalue weighted by atomic mass is 10.0. The molecule has 0 radical (unpaired) electrons. The van der Waals surface area contributed by atoms with E-state index in [-0.39, 0.29) is 24.5 Å². The highest BCUT2D eigenvalue weighted by Gasteiger charge is 2.38. The molecule has 1 atom stereocenters. The van der Waals surface area contributed by atoms with Crippen molar-refractivity contribution in [2.24, 2.45) is 0 Å². The molecule has 1 N–H and O–H groups in total. The number of hydrogen-bond donors (Lipinski definition) is 1. The second-order valence-electron chi connectivity index (χ2n) is 8.24. The van der Waals surface area contributed by atoms with Gasteiger partial charge in [-0.3, -0.25) is 9.59 Å². The minimum Gasteiger partial charge on any atom is -0.493 e. The number of rotatable bonds is 7. The predicted molar refractivity (Wildman–Crippen MR) is 118 cm³/mol. The monoisotopic (exact) mass is 422 g/mol. The van der Waals surface area contributed by atoms with E-state index in [2.05, 4.69) is 17.4 Å². The van der Waals surface area contributed by atoms with Crippen molar-refractivity contribution in [1.82, 2.24) is 10.2 Å². The Hall–Kier alpha value is -3.02. The minimum absolute atomic E-state index is 0.105. The molecule has 1 unspecified atom stereocenters. The third-order valence-corrected chi connectivity index (χ3v) is 6.15. The lowest BCUT2D eigenvalue weighted by Crippen LogP contribution is -2.46. The number of carbonyl (C=O) groups is 2. The molecule has 1 fully saturated rings. The zero-order chi connectivity index (χ0) is 21.6. The van der Waals surface area contributed by atoms with Crippen molar-refractivity contribution in [3.05, 3.63) is 59.7 Å². The van der Waals surface area contributed by atoms with Gasteiger partial charge in [-0.05, 0) is 37.3 Å². The fourth-order valence-corrected chi connectivity index (χ4v) is 4.58. The molecule has 6 nitrogen and oxygen atoms in total. The van der Waals surface area contributed by atoms with Crippen LogP contribution in [0, 0.1) is 0 Å². The number of benzene rings is 2. The molecule has 1 saturated carbocycles. The van der Waals surface area contributed by atoms with Crippen LogP contribution in [0.3, 0.4) is 0 Å². The van der Waals surface area contributed by atoms with Crippen LogP contribution in [-0.2, 0) is 16.0 Å². The molecule has 164 valence electrons. The molecule has 2 aromatic carbocycles. The first-order valence-corrected chi connectivity index (χ1v) is 11.1. The van der Waals surface area contributed by atoms with Gasteiger partial charge in [-0.2, -0.15) is 0 Å². The molecule has 0 aromatic heterocycles. The highest BCUT2D eigenvalue weighted by atomic mass is 16.5. The Morgan fingerprint density at radius 1 is 1.13 bits per heavy atom. The zero-order valence-corrected chi connectivity index (χ0v) is 18.0. The number of methoxy groups -OCH3 is 1. The Bertz CT molecular complexity index is 909. The SMILES string of the molecule is COc1cccc2c1OCC(=O)N(CCCc1ccccc1)C2C(=O)NC1CCCC1. The van der Waals surface area contributed by atoms with E-state index in [0.717, 1.165) is 38.5 Å². The van der Waals surface area contributed by atoms with E-state index < -0.39 is 6.04 Å². The van der Waals surface area contributed by atoms with Crippen molar-refractivity contribution in [2.45, 2.75) is 50.6 Å². The van der Waals surface area contributed by atoms with Crippen LogP contribution in [0.25, 0.3) is 0 Å². The highest BCUT2D eigenvalue weighted by Crippen LogP contribution is 2.39. The van der Waals surface area contributed by atoms with Gasteiger partial charge < -0.3 is 19.7 Å². The average Bonchev–Trinajstić information content (AvgIpc) is 3.25. The van der Waals surface area contributed by atoms with Gasteiger partial charge in [0.05, 0.1) is 7.11 Å². The van der Waals surface area contributed by atoms with Gasteiger partial charge in [0, 0.05) is 18.2 Å². The summed E-state index contributed by atoms with van der Waals surface area (Å²) >= 11 is 0. The second kappa shape index (κ2) is 9.86. The topological polar surface area (TPSA) is 67.9 Å². The zero-order valence-electron chi connectivity index (χ0n) is 18.0. The Balaban J connectivity index is 1.60. The van der Waals surface area contributed by atoms with Crippen LogP contribution in [0.5, 0.6) is 11.5 Å². The van der Waals surface area contributed by atoms with E-state index in [1.165, 1.54) is 5.56 Å². The standard InChI is InChI=1S/C25H30N2O4/c1-30-21-15-7-14-20-23(25(29)26-19-12-5-6-13-19)27(22(28)17-31-24(20)21)16-8-11-18-9-3-2-4-10-18/h2-4,7,9-10,14-15,19,23H,5-6,8,11-13,16-17H2,1H3,(H,26,29). The Labute approximate surface area is 183 Å². The number of para-hydroxylation sites is 1. The normalized spacial score (nSPS) is 18.8. The lowest BCUT2D eigenvalue weighted by molar-refractivity contribution is -0.141. The van der Waals surface area contributed by atoms with Crippen LogP contribution in [-0.4, -0.2) is 43.0 Å². The minimum atomic E-state index is -0.725. The summed E-state index contributed by atoms with van der Waals surface area (Å²) in [4.78, 5) is 28.2. The van der Waals surface area contributed by atoms with Gasteiger partial charge in [-0.1, -0.05) is 55.3 Å². The van der Waals surface area contributed by atoms with Gasteiger partial charge in [0.1, 0.15) is 6.04 Å². The predicted octanol–water partition coefficient (Wildman–Crippen LogP) is 3.65. The summed E-state index contributed by atoms with van der Waals surface area (Å²) in [5.74, 6) is 0.698. The first-order chi connectivity index (χ1) is 15.2. The van der Waals surface area contributed by atoms with Gasteiger partial charge in [0.25, 0.3) is 5.91 Å². The van der Waals surface area contributed by atoms with Crippen molar-refractivity contribution in [2.75, 3.05) is 20.3 Å². The average molecular weight is 423 g/mol. The first kappa shape index (κ1) is 21.2. The number of amides is 2. The molecule has 0 bridgehead atoms. The summed E-state index contributed by atoms with van der Waals surface area (Å²) in [6.45, 7) is 0.377. The maximum atomic E-state index is 13.5. The van der Waals surface area contributed by atoms with Gasteiger partial charge in [-0.25, -0.2) is 0 Å². The van der Waals surface area contributed by atoms with Crippen LogP contribution in [0.4, 0.5) is 0 Å². The number of fused-ring (bicyclic) bond motifs is 1. The second-order valence-corrected chi connectivity index (χ2v) is 8.24. The molecule has 1 aliphatic heterocycles. The Kier molecular flexibility index (Phi) is 6.75. The summed E-state index contributed by atoms with van der Waals surface area (Å²) in [6, 6.07) is 15.1. The van der Waals surface area contributed by atoms with Gasteiger partial charge in [0.15, 0.2) is 18.1 Å². The third kappa shape index (κ3) is 4.84. The molecule has 2 aromatic rings. The number of nitrogens with zero attached hydrogens (tertiary/aromatic N) is 1. The fourth-order valence-electron chi connectivity index (χ4n) is 4.58. The van der Waals surface area contributed by atoms with Crippen molar-refractivity contribution in [3.8, 4) is 11.5 Å². The molecular weight excluding hydrogens is 392 g/mol. The molecule has 6 heteroatoms. The van der Waals surface area contributed by atoms with E-state index in [9.17, 15) is 9.59 Å². The number of aryl methyl sites for hydroxylation is 1. The van der Waals surface area contributed by atoms with Crippen LogP contribution in [0.1, 0.15) is 49.3 Å². The van der Waals surface area contributed by atoms with Gasteiger partial charge in [0.2, 0.25) is 5.91 Å². The molecule has 4 rings (SSSR count). The van der Waals surface area contributed by atoms with Gasteiger partial charge in [-0.15, -0.1) is 0 Å². The van der Waals surface area contributed by atoms with E-state index in [4.69, 9.17) is 9.47 Å². The van der Waals surface area contributed by atoms with E-state index >= 15 is 0 Å². The van der Waals surface area contributed by atoms with Crippen molar-refractivity contribution in [3.63, 3.8) is 0 Å². The summed E-state index contributed by atoms with van der Waals surface area (Å²) < 4.78 is 11.3. The quantitative estimate of drug-likeness (QED) is 0.740. The maximum Gasteiger partial charge on any atom is 0.261 e. The van der Waals surface area contributed by atoms with E-state index in [1.54, 1.807) is 18.1 Å². The fraction of sp³-hybridized carbons (Fsp3) is 0.440. The molecule has 1 aliphatic carbocycles. The van der Waals surface area contributed by atoms with Crippen LogP contribution in [0.15, 0.2) is 48.5 Å². The van der Waals surface area contributed by atoms with Crippen molar-refractivity contribution >= 4 is 11.8 Å². The number of carbonyl (C=O) groups excluding carboxylic acids is 2. The van der Waals surface area contributed by atoms with E-state index in [1.807, 2.05) is 30.3 Å². The Morgan fingerprint density at radius 2 is 1.90 bits per heavy atom. The summed E-state index contributed by atoms with van der Waals surface area (Å²) in [6.07, 6.45) is 5.84. The molecule has 1 heterocycles. The van der Waals surface area contributed by atoms with Gasteiger partial charge >= 0.3 is 0 Å². The summed E-state index contributed by atoms with van der Waals surface area (Å²) in [7, 11) is 1.57.